The molecule has 0 saturated heterocycles. The van der Waals surface area contributed by atoms with Gasteiger partial charge in [0.15, 0.2) is 5.78 Å². The van der Waals surface area contributed by atoms with E-state index < -0.39 is 6.03 Å². The number of hydrogen-bond acceptors (Lipinski definition) is 6. The van der Waals surface area contributed by atoms with Gasteiger partial charge in [-0.15, -0.1) is 12.4 Å². The van der Waals surface area contributed by atoms with Crippen LogP contribution in [0.2, 0.25) is 10.0 Å². The SMILES string of the molecule is CNC(=O)Nc1cccc(NC(=O)NCC(=O)CNc2ccc(Cl)c(COc3cccc4ccc(C)nc34)c2Cl)c1.Cl. The lowest BCUT2D eigenvalue weighted by molar-refractivity contribution is -0.116. The Labute approximate surface area is 258 Å². The first-order valence-corrected chi connectivity index (χ1v) is 13.3. The minimum atomic E-state index is -0.572. The van der Waals surface area contributed by atoms with Crippen molar-refractivity contribution in [3.8, 4) is 5.75 Å². The molecular formula is C29H29Cl3N6O4. The Morgan fingerprint density at radius 2 is 1.60 bits per heavy atom. The van der Waals surface area contributed by atoms with Gasteiger partial charge in [0.1, 0.15) is 17.9 Å². The van der Waals surface area contributed by atoms with E-state index in [4.69, 9.17) is 27.9 Å². The third kappa shape index (κ3) is 8.62. The van der Waals surface area contributed by atoms with E-state index in [1.54, 1.807) is 36.4 Å². The van der Waals surface area contributed by atoms with Gasteiger partial charge >= 0.3 is 12.1 Å². The minimum absolute atomic E-state index is 0. The lowest BCUT2D eigenvalue weighted by Gasteiger charge is -2.15. The summed E-state index contributed by atoms with van der Waals surface area (Å²) in [5.74, 6) is 0.321. The Morgan fingerprint density at radius 1 is 0.881 bits per heavy atom. The van der Waals surface area contributed by atoms with Gasteiger partial charge < -0.3 is 31.3 Å². The number of nitrogens with zero attached hydrogens (tertiary/aromatic N) is 1. The average Bonchev–Trinajstić information content (AvgIpc) is 2.95. The van der Waals surface area contributed by atoms with Crippen molar-refractivity contribution in [2.45, 2.75) is 13.5 Å². The highest BCUT2D eigenvalue weighted by Gasteiger charge is 2.14. The van der Waals surface area contributed by atoms with E-state index in [2.05, 4.69) is 31.6 Å². The Bertz CT molecular complexity index is 1600. The maximum Gasteiger partial charge on any atom is 0.319 e. The maximum absolute atomic E-state index is 12.4. The minimum Gasteiger partial charge on any atom is -0.487 e. The van der Waals surface area contributed by atoms with Crippen LogP contribution in [-0.2, 0) is 11.4 Å². The molecule has 0 unspecified atom stereocenters. The van der Waals surface area contributed by atoms with E-state index in [9.17, 15) is 14.4 Å². The van der Waals surface area contributed by atoms with Gasteiger partial charge in [0.2, 0.25) is 0 Å². The smallest absolute Gasteiger partial charge is 0.319 e. The first kappa shape index (κ1) is 32.3. The predicted molar refractivity (Wildman–Crippen MR) is 170 cm³/mol. The molecule has 0 spiro atoms. The number of pyridine rings is 1. The van der Waals surface area contributed by atoms with Gasteiger partial charge in [-0.3, -0.25) is 4.79 Å². The number of aromatic nitrogens is 1. The van der Waals surface area contributed by atoms with E-state index in [1.807, 2.05) is 37.3 Å². The fourth-order valence-electron chi connectivity index (χ4n) is 3.83. The summed E-state index contributed by atoms with van der Waals surface area (Å²) in [6.07, 6.45) is 0. The number of para-hydroxylation sites is 1. The number of urea groups is 2. The molecule has 3 aromatic carbocycles. The highest BCUT2D eigenvalue weighted by molar-refractivity contribution is 6.37. The average molecular weight is 632 g/mol. The van der Waals surface area contributed by atoms with Crippen molar-refractivity contribution in [1.82, 2.24) is 15.6 Å². The third-order valence-electron chi connectivity index (χ3n) is 5.91. The first-order valence-electron chi connectivity index (χ1n) is 12.6. The predicted octanol–water partition coefficient (Wildman–Crippen LogP) is 6.40. The summed E-state index contributed by atoms with van der Waals surface area (Å²) < 4.78 is 6.04. The van der Waals surface area contributed by atoms with Crippen LogP contribution >= 0.6 is 35.6 Å². The molecule has 0 bridgehead atoms. The van der Waals surface area contributed by atoms with Gasteiger partial charge in [-0.2, -0.15) is 0 Å². The van der Waals surface area contributed by atoms with Gasteiger partial charge in [-0.05, 0) is 49.4 Å². The number of Topliss-reactive ketones (excluding diaryl/α,β-unsaturated/α-hetero) is 1. The topological polar surface area (TPSA) is 133 Å². The molecule has 0 radical (unpaired) electrons. The molecule has 0 aliphatic heterocycles. The number of carbonyl (C=O) groups excluding carboxylic acids is 3. The summed E-state index contributed by atoms with van der Waals surface area (Å²) in [6, 6.07) is 18.6. The van der Waals surface area contributed by atoms with Crippen molar-refractivity contribution >= 4 is 81.4 Å². The number of carbonyl (C=O) groups is 3. The van der Waals surface area contributed by atoms with E-state index in [1.165, 1.54) is 7.05 Å². The van der Waals surface area contributed by atoms with E-state index in [0.717, 1.165) is 16.6 Å². The van der Waals surface area contributed by atoms with E-state index >= 15 is 0 Å². The van der Waals surface area contributed by atoms with Crippen LogP contribution < -0.4 is 31.3 Å². The highest BCUT2D eigenvalue weighted by Crippen LogP contribution is 2.33. The van der Waals surface area contributed by atoms with Crippen molar-refractivity contribution < 1.29 is 19.1 Å². The normalized spacial score (nSPS) is 10.3. The van der Waals surface area contributed by atoms with Gasteiger partial charge in [-0.1, -0.05) is 47.5 Å². The van der Waals surface area contributed by atoms with Crippen molar-refractivity contribution in [2.75, 3.05) is 36.1 Å². The molecule has 0 saturated carbocycles. The zero-order valence-corrected chi connectivity index (χ0v) is 25.0. The number of ketones is 1. The van der Waals surface area contributed by atoms with Crippen LogP contribution in [0.5, 0.6) is 5.75 Å². The Hall–Kier alpha value is -4.25. The second-order valence-corrected chi connectivity index (χ2v) is 9.73. The van der Waals surface area contributed by atoms with Crippen LogP contribution in [0.15, 0.2) is 66.7 Å². The molecule has 13 heteroatoms. The summed E-state index contributed by atoms with van der Waals surface area (Å²) in [5.41, 5.74) is 3.61. The molecule has 0 fully saturated rings. The number of aryl methyl sites for hydroxylation is 1. The second kappa shape index (κ2) is 15.1. The van der Waals surface area contributed by atoms with Crippen LogP contribution in [0, 0.1) is 6.92 Å². The lowest BCUT2D eigenvalue weighted by Crippen LogP contribution is -2.35. The molecule has 220 valence electrons. The van der Waals surface area contributed by atoms with Crippen molar-refractivity contribution in [2.24, 2.45) is 0 Å². The molecule has 1 aromatic heterocycles. The van der Waals surface area contributed by atoms with Crippen LogP contribution in [0.3, 0.4) is 0 Å². The number of benzene rings is 3. The summed E-state index contributed by atoms with van der Waals surface area (Å²) in [5, 5.41) is 14.9. The molecule has 0 atom stereocenters. The van der Waals surface area contributed by atoms with Gasteiger partial charge in [0, 0.05) is 40.1 Å². The molecular weight excluding hydrogens is 603 g/mol. The maximum atomic E-state index is 12.4. The van der Waals surface area contributed by atoms with Crippen LogP contribution in [0.25, 0.3) is 10.9 Å². The number of amides is 4. The van der Waals surface area contributed by atoms with Gasteiger partial charge in [0.25, 0.3) is 0 Å². The van der Waals surface area contributed by atoms with E-state index in [-0.39, 0.29) is 43.9 Å². The van der Waals surface area contributed by atoms with E-state index in [0.29, 0.717) is 38.4 Å². The Balaban J connectivity index is 0.00000484. The second-order valence-electron chi connectivity index (χ2n) is 8.94. The number of halogens is 3. The molecule has 42 heavy (non-hydrogen) atoms. The van der Waals surface area contributed by atoms with Crippen LogP contribution in [-0.4, -0.2) is 43.0 Å². The van der Waals surface area contributed by atoms with Crippen molar-refractivity contribution in [1.29, 1.82) is 0 Å². The Morgan fingerprint density at radius 3 is 2.33 bits per heavy atom. The van der Waals surface area contributed by atoms with Gasteiger partial charge in [0.05, 0.1) is 23.8 Å². The third-order valence-corrected chi connectivity index (χ3v) is 6.69. The monoisotopic (exact) mass is 630 g/mol. The first-order chi connectivity index (χ1) is 19.7. The quantitative estimate of drug-likeness (QED) is 0.137. The van der Waals surface area contributed by atoms with Gasteiger partial charge in [-0.25, -0.2) is 14.6 Å². The number of anilines is 3. The molecule has 10 nitrogen and oxygen atoms in total. The van der Waals surface area contributed by atoms with Crippen LogP contribution in [0.1, 0.15) is 11.3 Å². The summed E-state index contributed by atoms with van der Waals surface area (Å²) in [7, 11) is 1.50. The molecule has 4 aromatic rings. The number of nitrogens with one attached hydrogen (secondary N) is 5. The zero-order chi connectivity index (χ0) is 29.4. The van der Waals surface area contributed by atoms with Crippen molar-refractivity contribution in [3.63, 3.8) is 0 Å². The molecule has 1 heterocycles. The fourth-order valence-corrected chi connectivity index (χ4v) is 4.38. The summed E-state index contributed by atoms with van der Waals surface area (Å²) >= 11 is 13.0. The number of ether oxygens (including phenoxy) is 1. The number of fused-ring (bicyclic) bond motifs is 1. The highest BCUT2D eigenvalue weighted by atomic mass is 35.5. The molecule has 4 amide bonds. The number of rotatable bonds is 10. The molecule has 0 aliphatic rings. The molecule has 4 rings (SSSR count). The molecule has 5 N–H and O–H groups in total. The Kier molecular flexibility index (Phi) is 11.6. The standard InChI is InChI=1S/C29H28Cl2N6O4.ClH/c1-17-9-10-18-5-3-8-25(27(18)35-17)41-16-22-23(30)11-12-24(26(22)31)33-14-21(38)15-34-29(40)37-20-7-4-6-19(13-20)36-28(39)32-2;/h3-13,33H,14-16H2,1-2H3,(H2,32,36,39)(H2,34,37,40);1H. The molecule has 0 aliphatic carbocycles. The van der Waals surface area contributed by atoms with Crippen molar-refractivity contribution in [3.05, 3.63) is 88.0 Å². The lowest BCUT2D eigenvalue weighted by atomic mass is 10.2. The summed E-state index contributed by atoms with van der Waals surface area (Å²) in [6.45, 7) is 1.70. The largest absolute Gasteiger partial charge is 0.487 e. The van der Waals surface area contributed by atoms with Crippen LogP contribution in [0.4, 0.5) is 26.7 Å². The fraction of sp³-hybridized carbons (Fsp3) is 0.172. The number of hydrogen-bond donors (Lipinski definition) is 5. The summed E-state index contributed by atoms with van der Waals surface area (Å²) in [4.78, 5) is 40.8. The zero-order valence-electron chi connectivity index (χ0n) is 22.7.